The van der Waals surface area contributed by atoms with Crippen LogP contribution in [-0.2, 0) is 6.54 Å². The summed E-state index contributed by atoms with van der Waals surface area (Å²) in [6, 6.07) is 13.9. The van der Waals surface area contributed by atoms with E-state index in [0.29, 0.717) is 29.4 Å². The Labute approximate surface area is 160 Å². The van der Waals surface area contributed by atoms with Crippen LogP contribution in [0.4, 0.5) is 0 Å². The van der Waals surface area contributed by atoms with Crippen LogP contribution in [0.15, 0.2) is 40.9 Å². The van der Waals surface area contributed by atoms with Crippen LogP contribution >= 0.6 is 15.9 Å². The molecule has 0 saturated carbocycles. The molecule has 1 heterocycles. The highest BCUT2D eigenvalue weighted by molar-refractivity contribution is 9.10. The predicted molar refractivity (Wildman–Crippen MR) is 106 cm³/mol. The first-order chi connectivity index (χ1) is 12.6. The molecule has 5 nitrogen and oxygen atoms in total. The summed E-state index contributed by atoms with van der Waals surface area (Å²) < 4.78 is 13.7. The van der Waals surface area contributed by atoms with Crippen LogP contribution in [0.3, 0.4) is 0 Å². The van der Waals surface area contributed by atoms with Gasteiger partial charge in [0.1, 0.15) is 6.07 Å². The number of aryl methyl sites for hydroxylation is 1. The first-order valence-electron chi connectivity index (χ1n) is 8.11. The van der Waals surface area contributed by atoms with E-state index in [1.165, 1.54) is 0 Å². The summed E-state index contributed by atoms with van der Waals surface area (Å²) in [6.07, 6.45) is 1.78. The van der Waals surface area contributed by atoms with Gasteiger partial charge in [-0.3, -0.25) is 0 Å². The maximum Gasteiger partial charge on any atom is 0.168 e. The second-order valence-electron chi connectivity index (χ2n) is 5.57. The molecule has 2 aromatic carbocycles. The summed E-state index contributed by atoms with van der Waals surface area (Å²) in [4.78, 5) is 4.66. The number of fused-ring (bicyclic) bond motifs is 1. The molecule has 0 saturated heterocycles. The first-order valence-corrected chi connectivity index (χ1v) is 8.91. The third-order valence-corrected chi connectivity index (χ3v) is 4.56. The SMILES string of the molecule is CCn1c(/C(C#N)=C\c2cc(Br)cc(OC)c2OC)nc2ccccc21. The molecule has 0 radical (unpaired) electrons. The molecule has 0 atom stereocenters. The Balaban J connectivity index is 2.23. The minimum Gasteiger partial charge on any atom is -0.493 e. The molecule has 0 fully saturated rings. The van der Waals surface area contributed by atoms with Gasteiger partial charge in [0.25, 0.3) is 0 Å². The van der Waals surface area contributed by atoms with Gasteiger partial charge in [0.2, 0.25) is 0 Å². The molecule has 0 bridgehead atoms. The summed E-state index contributed by atoms with van der Waals surface area (Å²) in [5.41, 5.74) is 3.07. The molecule has 0 amide bonds. The van der Waals surface area contributed by atoms with Gasteiger partial charge in [0.15, 0.2) is 17.3 Å². The fraction of sp³-hybridized carbons (Fsp3) is 0.200. The summed E-state index contributed by atoms with van der Waals surface area (Å²) in [5, 5.41) is 9.79. The lowest BCUT2D eigenvalue weighted by atomic mass is 10.1. The van der Waals surface area contributed by atoms with E-state index in [4.69, 9.17) is 9.47 Å². The van der Waals surface area contributed by atoms with E-state index in [1.807, 2.05) is 47.9 Å². The number of allylic oxidation sites excluding steroid dienone is 1. The number of nitrogens with zero attached hydrogens (tertiary/aromatic N) is 3. The van der Waals surface area contributed by atoms with Crippen molar-refractivity contribution in [1.82, 2.24) is 9.55 Å². The van der Waals surface area contributed by atoms with Crippen LogP contribution in [0.2, 0.25) is 0 Å². The molecule has 3 aromatic rings. The zero-order valence-corrected chi connectivity index (χ0v) is 16.4. The summed E-state index contributed by atoms with van der Waals surface area (Å²) in [6.45, 7) is 2.75. The van der Waals surface area contributed by atoms with E-state index < -0.39 is 0 Å². The van der Waals surface area contributed by atoms with Crippen molar-refractivity contribution in [2.45, 2.75) is 13.5 Å². The van der Waals surface area contributed by atoms with E-state index in [2.05, 4.69) is 27.0 Å². The lowest BCUT2D eigenvalue weighted by Gasteiger charge is -2.12. The number of methoxy groups -OCH3 is 2. The Morgan fingerprint density at radius 3 is 2.69 bits per heavy atom. The van der Waals surface area contributed by atoms with Crippen molar-refractivity contribution in [3.8, 4) is 17.6 Å². The van der Waals surface area contributed by atoms with Crippen LogP contribution in [0.5, 0.6) is 11.5 Å². The van der Waals surface area contributed by atoms with Gasteiger partial charge < -0.3 is 14.0 Å². The Bertz CT molecular complexity index is 1030. The van der Waals surface area contributed by atoms with Gasteiger partial charge >= 0.3 is 0 Å². The highest BCUT2D eigenvalue weighted by atomic mass is 79.9. The van der Waals surface area contributed by atoms with Gasteiger partial charge in [-0.25, -0.2) is 4.98 Å². The van der Waals surface area contributed by atoms with E-state index in [9.17, 15) is 5.26 Å². The number of benzene rings is 2. The topological polar surface area (TPSA) is 60.1 Å². The zero-order chi connectivity index (χ0) is 18.7. The number of nitriles is 1. The monoisotopic (exact) mass is 411 g/mol. The molecule has 26 heavy (non-hydrogen) atoms. The Morgan fingerprint density at radius 2 is 2.04 bits per heavy atom. The Morgan fingerprint density at radius 1 is 1.27 bits per heavy atom. The molecule has 0 spiro atoms. The second-order valence-corrected chi connectivity index (χ2v) is 6.48. The van der Waals surface area contributed by atoms with Gasteiger partial charge in [-0.15, -0.1) is 0 Å². The molecule has 0 unspecified atom stereocenters. The minimum absolute atomic E-state index is 0.460. The summed E-state index contributed by atoms with van der Waals surface area (Å²) in [7, 11) is 3.16. The molecule has 132 valence electrons. The van der Waals surface area contributed by atoms with Gasteiger partial charge in [-0.1, -0.05) is 28.1 Å². The van der Waals surface area contributed by atoms with Gasteiger partial charge in [0.05, 0.1) is 30.8 Å². The molecular weight excluding hydrogens is 394 g/mol. The lowest BCUT2D eigenvalue weighted by molar-refractivity contribution is 0.354. The maximum absolute atomic E-state index is 9.79. The predicted octanol–water partition coefficient (Wildman–Crippen LogP) is 4.90. The molecular formula is C20H18BrN3O2. The third kappa shape index (κ3) is 3.18. The normalized spacial score (nSPS) is 11.4. The molecule has 0 N–H and O–H groups in total. The Kier molecular flexibility index (Phi) is 5.29. The fourth-order valence-corrected chi connectivity index (χ4v) is 3.42. The molecule has 0 aliphatic heterocycles. The van der Waals surface area contributed by atoms with E-state index in [-0.39, 0.29) is 0 Å². The molecule has 1 aromatic heterocycles. The highest BCUT2D eigenvalue weighted by Crippen LogP contribution is 2.36. The summed E-state index contributed by atoms with van der Waals surface area (Å²) >= 11 is 3.47. The number of hydrogen-bond acceptors (Lipinski definition) is 4. The number of hydrogen-bond donors (Lipinski definition) is 0. The summed E-state index contributed by atoms with van der Waals surface area (Å²) in [5.74, 6) is 1.80. The minimum atomic E-state index is 0.460. The number of imidazole rings is 1. The molecule has 0 aliphatic carbocycles. The standard InChI is InChI=1S/C20H18BrN3O2/c1-4-24-17-8-6-5-7-16(17)23-20(24)14(12-22)9-13-10-15(21)11-18(25-2)19(13)26-3/h5-11H,4H2,1-3H3/b14-9-. The van der Waals surface area contributed by atoms with Crippen molar-refractivity contribution in [3.05, 3.63) is 52.3 Å². The number of ether oxygens (including phenoxy) is 2. The quantitative estimate of drug-likeness (QED) is 0.560. The zero-order valence-electron chi connectivity index (χ0n) is 14.8. The largest absolute Gasteiger partial charge is 0.493 e. The van der Waals surface area contributed by atoms with Crippen LogP contribution in [0.1, 0.15) is 18.3 Å². The van der Waals surface area contributed by atoms with Crippen LogP contribution in [0.25, 0.3) is 22.7 Å². The van der Waals surface area contributed by atoms with E-state index in [0.717, 1.165) is 21.1 Å². The highest BCUT2D eigenvalue weighted by Gasteiger charge is 2.16. The number of rotatable bonds is 5. The maximum atomic E-state index is 9.79. The van der Waals surface area contributed by atoms with Crippen LogP contribution in [0, 0.1) is 11.3 Å². The average Bonchev–Trinajstić information content (AvgIpc) is 3.03. The Hall–Kier alpha value is -2.78. The van der Waals surface area contributed by atoms with Crippen molar-refractivity contribution in [3.63, 3.8) is 0 Å². The number of aromatic nitrogens is 2. The first kappa shape index (κ1) is 18.0. The van der Waals surface area contributed by atoms with E-state index in [1.54, 1.807) is 20.3 Å². The van der Waals surface area contributed by atoms with Gasteiger partial charge in [-0.05, 0) is 37.3 Å². The van der Waals surface area contributed by atoms with Crippen molar-refractivity contribution >= 4 is 38.6 Å². The van der Waals surface area contributed by atoms with Crippen LogP contribution < -0.4 is 9.47 Å². The number of halogens is 1. The fourth-order valence-electron chi connectivity index (χ4n) is 2.97. The van der Waals surface area contributed by atoms with Crippen molar-refractivity contribution in [2.75, 3.05) is 14.2 Å². The smallest absolute Gasteiger partial charge is 0.168 e. The van der Waals surface area contributed by atoms with Crippen molar-refractivity contribution < 1.29 is 9.47 Å². The molecule has 0 aliphatic rings. The van der Waals surface area contributed by atoms with Crippen LogP contribution in [-0.4, -0.2) is 23.8 Å². The van der Waals surface area contributed by atoms with E-state index >= 15 is 0 Å². The molecule has 6 heteroatoms. The lowest BCUT2D eigenvalue weighted by Crippen LogP contribution is -2.01. The van der Waals surface area contributed by atoms with Gasteiger partial charge in [-0.2, -0.15) is 5.26 Å². The van der Waals surface area contributed by atoms with Crippen molar-refractivity contribution in [1.29, 1.82) is 5.26 Å². The van der Waals surface area contributed by atoms with Gasteiger partial charge in [0, 0.05) is 16.6 Å². The average molecular weight is 412 g/mol. The number of para-hydroxylation sites is 2. The van der Waals surface area contributed by atoms with Crippen molar-refractivity contribution in [2.24, 2.45) is 0 Å². The third-order valence-electron chi connectivity index (χ3n) is 4.10. The second kappa shape index (κ2) is 7.63. The molecule has 3 rings (SSSR count).